The molecule has 5 rings (SSSR count). The molecule has 5 atom stereocenters. The lowest BCUT2D eigenvalue weighted by Gasteiger charge is -2.38. The Hall–Kier alpha value is -6.54. The van der Waals surface area contributed by atoms with Crippen molar-refractivity contribution in [3.8, 4) is 5.75 Å². The van der Waals surface area contributed by atoms with Gasteiger partial charge in [-0.05, 0) is 65.6 Å². The number of rotatable bonds is 19. The second-order valence-corrected chi connectivity index (χ2v) is 14.8. The number of carboxylic acids is 1. The number of phenolic OH excluding ortho intramolecular Hbond substituents is 1. The van der Waals surface area contributed by atoms with Gasteiger partial charge in [0.15, 0.2) is 0 Å². The number of fused-ring (bicyclic) bond motifs is 1. The van der Waals surface area contributed by atoms with E-state index in [0.717, 1.165) is 22.3 Å². The van der Waals surface area contributed by atoms with Gasteiger partial charge in [-0.1, -0.05) is 97.1 Å². The first-order valence-electron chi connectivity index (χ1n) is 19.7. The Bertz CT molecular complexity index is 2060. The van der Waals surface area contributed by atoms with E-state index in [1.54, 1.807) is 60.7 Å². The summed E-state index contributed by atoms with van der Waals surface area (Å²) in [5, 5.41) is 30.6. The first-order chi connectivity index (χ1) is 28.4. The van der Waals surface area contributed by atoms with Crippen molar-refractivity contribution in [3.63, 3.8) is 0 Å². The maximum atomic E-state index is 14.4. The van der Waals surface area contributed by atoms with Crippen molar-refractivity contribution in [2.75, 3.05) is 6.54 Å². The lowest BCUT2D eigenvalue weighted by Crippen LogP contribution is -2.61. The largest absolute Gasteiger partial charge is 0.508 e. The van der Waals surface area contributed by atoms with Crippen LogP contribution in [-0.2, 0) is 61.0 Å². The van der Waals surface area contributed by atoms with Crippen LogP contribution in [0.15, 0.2) is 109 Å². The Morgan fingerprint density at radius 3 is 1.78 bits per heavy atom. The van der Waals surface area contributed by atoms with Crippen molar-refractivity contribution in [2.45, 2.75) is 88.6 Å². The van der Waals surface area contributed by atoms with Gasteiger partial charge in [-0.15, -0.1) is 0 Å². The zero-order chi connectivity index (χ0) is 42.3. The average molecular weight is 805 g/mol. The Morgan fingerprint density at radius 2 is 1.20 bits per heavy atom. The van der Waals surface area contributed by atoms with Crippen LogP contribution in [-0.4, -0.2) is 87.4 Å². The zero-order valence-corrected chi connectivity index (χ0v) is 33.0. The number of amides is 5. The predicted molar refractivity (Wildman–Crippen MR) is 221 cm³/mol. The molecule has 0 saturated heterocycles. The third kappa shape index (κ3) is 13.0. The number of nitrogens with zero attached hydrogens (tertiary/aromatic N) is 1. The molecule has 1 heterocycles. The Kier molecular flexibility index (Phi) is 15.7. The first kappa shape index (κ1) is 43.6. The van der Waals surface area contributed by atoms with Crippen molar-refractivity contribution in [2.24, 2.45) is 5.73 Å². The van der Waals surface area contributed by atoms with Crippen LogP contribution in [0.4, 0.5) is 0 Å². The molecule has 0 unspecified atom stereocenters. The molecule has 0 spiro atoms. The number of nitrogens with two attached hydrogens (primary N) is 1. The number of nitrogens with one attached hydrogen (secondary N) is 4. The fraction of sp³-hybridized carbons (Fsp3) is 0.333. The van der Waals surface area contributed by atoms with E-state index in [9.17, 15) is 39.0 Å². The molecule has 14 heteroatoms. The van der Waals surface area contributed by atoms with Gasteiger partial charge < -0.3 is 42.1 Å². The minimum Gasteiger partial charge on any atom is -0.508 e. The molecule has 310 valence electrons. The second-order valence-electron chi connectivity index (χ2n) is 14.8. The summed E-state index contributed by atoms with van der Waals surface area (Å²) in [4.78, 5) is 81.6. The number of aliphatic carboxylic acids is 1. The van der Waals surface area contributed by atoms with Crippen molar-refractivity contribution < 1.29 is 39.0 Å². The van der Waals surface area contributed by atoms with Gasteiger partial charge in [-0.25, -0.2) is 4.79 Å². The van der Waals surface area contributed by atoms with Gasteiger partial charge in [0.2, 0.25) is 29.5 Å². The first-order valence-corrected chi connectivity index (χ1v) is 19.7. The van der Waals surface area contributed by atoms with E-state index >= 15 is 0 Å². The fourth-order valence-electron chi connectivity index (χ4n) is 7.10. The van der Waals surface area contributed by atoms with Crippen LogP contribution in [0, 0.1) is 0 Å². The number of benzene rings is 4. The van der Waals surface area contributed by atoms with E-state index < -0.39 is 59.8 Å². The molecular formula is C45H52N6O8. The van der Waals surface area contributed by atoms with Crippen LogP contribution in [0.5, 0.6) is 5.75 Å². The highest BCUT2D eigenvalue weighted by Gasteiger charge is 2.38. The zero-order valence-electron chi connectivity index (χ0n) is 33.0. The SMILES string of the molecule is CC(=O)NCCCC[C@H](NC(=O)[C@H](Cc1ccccc1)NC(=O)[C@H](Cc1ccccc1)NC(=O)[C@@H]1Cc2ccccc2CN1C(=O)[C@@H](N)Cc1ccc(O)cc1)C(=O)O. The lowest BCUT2D eigenvalue weighted by atomic mass is 9.92. The van der Waals surface area contributed by atoms with Crippen molar-refractivity contribution in [1.29, 1.82) is 0 Å². The van der Waals surface area contributed by atoms with Gasteiger partial charge in [-0.3, -0.25) is 24.0 Å². The maximum Gasteiger partial charge on any atom is 0.326 e. The fourth-order valence-corrected chi connectivity index (χ4v) is 7.10. The molecule has 59 heavy (non-hydrogen) atoms. The van der Waals surface area contributed by atoms with Gasteiger partial charge in [0.1, 0.15) is 29.9 Å². The number of phenols is 1. The Labute approximate surface area is 343 Å². The smallest absolute Gasteiger partial charge is 0.326 e. The van der Waals surface area contributed by atoms with Crippen LogP contribution >= 0.6 is 0 Å². The minimum absolute atomic E-state index is 0.0277. The summed E-state index contributed by atoms with van der Waals surface area (Å²) in [5.41, 5.74) is 10.4. The van der Waals surface area contributed by atoms with Gasteiger partial charge in [0, 0.05) is 39.3 Å². The molecule has 1 aliphatic heterocycles. The number of carbonyl (C=O) groups excluding carboxylic acids is 5. The number of hydrogen-bond donors (Lipinski definition) is 7. The van der Waals surface area contributed by atoms with Crippen LogP contribution < -0.4 is 27.0 Å². The Balaban J connectivity index is 1.38. The van der Waals surface area contributed by atoms with Crippen LogP contribution in [0.2, 0.25) is 0 Å². The van der Waals surface area contributed by atoms with E-state index in [0.29, 0.717) is 24.9 Å². The summed E-state index contributed by atoms with van der Waals surface area (Å²) >= 11 is 0. The highest BCUT2D eigenvalue weighted by Crippen LogP contribution is 2.25. The molecule has 0 aliphatic carbocycles. The molecule has 5 amide bonds. The highest BCUT2D eigenvalue weighted by molar-refractivity contribution is 5.96. The molecule has 8 N–H and O–H groups in total. The van der Waals surface area contributed by atoms with E-state index in [2.05, 4.69) is 21.3 Å². The van der Waals surface area contributed by atoms with E-state index in [1.807, 2.05) is 36.4 Å². The molecule has 0 saturated carbocycles. The quantitative estimate of drug-likeness (QED) is 0.0692. The van der Waals surface area contributed by atoms with Gasteiger partial charge >= 0.3 is 5.97 Å². The average Bonchev–Trinajstić information content (AvgIpc) is 3.23. The third-order valence-electron chi connectivity index (χ3n) is 10.3. The van der Waals surface area contributed by atoms with Crippen LogP contribution in [0.25, 0.3) is 0 Å². The van der Waals surface area contributed by atoms with E-state index in [-0.39, 0.29) is 50.3 Å². The lowest BCUT2D eigenvalue weighted by molar-refractivity contribution is -0.143. The molecule has 0 radical (unpaired) electrons. The van der Waals surface area contributed by atoms with Crippen molar-refractivity contribution >= 4 is 35.5 Å². The minimum atomic E-state index is -1.26. The summed E-state index contributed by atoms with van der Waals surface area (Å²) in [6.45, 7) is 1.87. The Morgan fingerprint density at radius 1 is 0.678 bits per heavy atom. The van der Waals surface area contributed by atoms with Crippen molar-refractivity contribution in [1.82, 2.24) is 26.2 Å². The topological polar surface area (TPSA) is 220 Å². The molecule has 1 aliphatic rings. The summed E-state index contributed by atoms with van der Waals surface area (Å²) < 4.78 is 0. The number of carbonyl (C=O) groups is 6. The van der Waals surface area contributed by atoms with Crippen molar-refractivity contribution in [3.05, 3.63) is 137 Å². The third-order valence-corrected chi connectivity index (χ3v) is 10.3. The number of hydrogen-bond acceptors (Lipinski definition) is 8. The molecule has 0 aromatic heterocycles. The summed E-state index contributed by atoms with van der Waals surface area (Å²) in [6, 6.07) is 26.1. The van der Waals surface area contributed by atoms with E-state index in [1.165, 1.54) is 24.0 Å². The summed E-state index contributed by atoms with van der Waals surface area (Å²) in [6.07, 6.45) is 1.41. The number of unbranched alkanes of at least 4 members (excludes halogenated alkanes) is 1. The monoisotopic (exact) mass is 804 g/mol. The second kappa shape index (κ2) is 21.3. The molecule has 0 fully saturated rings. The normalized spacial score (nSPS) is 15.4. The predicted octanol–water partition coefficient (Wildman–Crippen LogP) is 2.55. The highest BCUT2D eigenvalue weighted by atomic mass is 16.4. The van der Waals surface area contributed by atoms with Gasteiger partial charge in [0.05, 0.1) is 6.04 Å². The van der Waals surface area contributed by atoms with E-state index in [4.69, 9.17) is 5.73 Å². The molecule has 0 bridgehead atoms. The number of carboxylic acid groups (broad SMARTS) is 1. The summed E-state index contributed by atoms with van der Waals surface area (Å²) in [7, 11) is 0. The standard InChI is InChI=1S/C45H52N6O8/c1-29(52)47-23-11-10-18-37(45(58)59)48-41(54)38(25-30-12-4-2-5-13-30)49-42(55)39(26-31-14-6-3-7-15-31)50-43(56)40-27-33-16-8-9-17-34(33)28-51(40)44(57)36(46)24-32-19-21-35(53)22-20-32/h2-9,12-17,19-22,36-40,53H,10-11,18,23-28,46H2,1H3,(H,47,52)(H,48,54)(H,49,55)(H,50,56)(H,58,59)/t36-,37-,38-,39-,40-/m0/s1. The number of aromatic hydroxyl groups is 1. The van der Waals surface area contributed by atoms with Crippen LogP contribution in [0.3, 0.4) is 0 Å². The molecule has 4 aromatic carbocycles. The maximum absolute atomic E-state index is 14.4. The van der Waals surface area contributed by atoms with Gasteiger partial charge in [-0.2, -0.15) is 0 Å². The summed E-state index contributed by atoms with van der Waals surface area (Å²) in [5.74, 6) is -3.81. The molecule has 14 nitrogen and oxygen atoms in total. The molecular weight excluding hydrogens is 753 g/mol. The van der Waals surface area contributed by atoms with Gasteiger partial charge in [0.25, 0.3) is 0 Å². The molecule has 4 aromatic rings. The van der Waals surface area contributed by atoms with Crippen LogP contribution in [0.1, 0.15) is 54.0 Å².